The number of hydrogen-bond donors (Lipinski definition) is 7. The summed E-state index contributed by atoms with van der Waals surface area (Å²) in [5, 5.41) is 68.8. The van der Waals surface area contributed by atoms with Crippen molar-refractivity contribution in [3.05, 3.63) is 35.7 Å². The Balaban J connectivity index is 1.61. The Hall–Kier alpha value is -3.53. The minimum Gasteiger partial charge on any atom is -0.476 e. The number of carbonyl (C=O) groups is 2. The first-order valence-corrected chi connectivity index (χ1v) is 14.2. The van der Waals surface area contributed by atoms with Crippen molar-refractivity contribution in [2.45, 2.75) is 66.1 Å². The molecule has 8 N–H and O–H groups in total. The second-order valence-corrected chi connectivity index (χ2v) is 11.6. The molecule has 1 amide bonds. The number of nitrogen functional groups attached to an aromatic ring is 1. The molecule has 6 atom stereocenters. The van der Waals surface area contributed by atoms with Crippen molar-refractivity contribution in [2.24, 2.45) is 0 Å². The maximum Gasteiger partial charge on any atom is 0.377 e. The predicted molar refractivity (Wildman–Crippen MR) is 143 cm³/mol. The maximum absolute atomic E-state index is 14.2. The number of aliphatic hydroxyl groups excluding tert-OH is 4. The molecule has 2 aromatic heterocycles. The van der Waals surface area contributed by atoms with Crippen LogP contribution < -0.4 is 15.8 Å². The van der Waals surface area contributed by atoms with Gasteiger partial charge >= 0.3 is 11.8 Å². The molecule has 0 bridgehead atoms. The third-order valence-corrected chi connectivity index (χ3v) is 8.18. The Labute approximate surface area is 249 Å². The number of aliphatic hydroxyl groups is 4. The van der Waals surface area contributed by atoms with Gasteiger partial charge in [0, 0.05) is 12.7 Å². The quantitative estimate of drug-likeness (QED) is 0.122. The monoisotopic (exact) mass is 647 g/mol. The van der Waals surface area contributed by atoms with E-state index in [0.717, 1.165) is 19.1 Å². The van der Waals surface area contributed by atoms with Crippen molar-refractivity contribution in [1.29, 1.82) is 0 Å². The number of aliphatic carboxylic acids is 1. The van der Waals surface area contributed by atoms with Crippen LogP contribution in [0.2, 0.25) is 0 Å². The second-order valence-electron chi connectivity index (χ2n) is 9.35. The highest BCUT2D eigenvalue weighted by Gasteiger charge is 2.57. The first kappa shape index (κ1) is 32.4. The van der Waals surface area contributed by atoms with Crippen molar-refractivity contribution < 1.29 is 53.4 Å². The first-order valence-electron chi connectivity index (χ1n) is 12.4. The molecular formula is C23H27F2N7O9S2. The van der Waals surface area contributed by atoms with Crippen LogP contribution in [0.5, 0.6) is 5.75 Å². The van der Waals surface area contributed by atoms with Gasteiger partial charge in [0.15, 0.2) is 4.34 Å². The number of nitrogens with one attached hydrogen (secondary N) is 1. The summed E-state index contributed by atoms with van der Waals surface area (Å²) in [4.78, 5) is 24.1. The Morgan fingerprint density at radius 2 is 2.07 bits per heavy atom. The number of carbonyl (C=O) groups excluding carboxylic acids is 1. The van der Waals surface area contributed by atoms with Gasteiger partial charge in [0.1, 0.15) is 24.1 Å². The highest BCUT2D eigenvalue weighted by molar-refractivity contribution is 8.00. The fraction of sp³-hybridized carbons (Fsp3) is 0.478. The molecule has 20 heteroatoms. The molecule has 43 heavy (non-hydrogen) atoms. The number of benzene rings is 1. The summed E-state index contributed by atoms with van der Waals surface area (Å²) >= 11 is 2.47. The van der Waals surface area contributed by atoms with Crippen LogP contribution in [0.3, 0.4) is 0 Å². The van der Waals surface area contributed by atoms with Gasteiger partial charge in [0.2, 0.25) is 11.0 Å². The molecule has 1 aliphatic rings. The summed E-state index contributed by atoms with van der Waals surface area (Å²) < 4.78 is 41.3. The zero-order chi connectivity index (χ0) is 31.5. The van der Waals surface area contributed by atoms with Crippen molar-refractivity contribution >= 4 is 40.1 Å². The average Bonchev–Trinajstić information content (AvgIpc) is 3.61. The molecule has 0 unspecified atom stereocenters. The average molecular weight is 648 g/mol. The Morgan fingerprint density at radius 1 is 1.33 bits per heavy atom. The SMILES string of the molecule is CC(=O)N[C@H]1[C@H]([C@H](O)[C@H](O)CO)O[C@@](Oc2ccc(-n3cc(CSc4nnc(N)s4)nn3)cc2C(F)F)(C(=O)O)C[C@@H]1O. The van der Waals surface area contributed by atoms with E-state index in [1.807, 2.05) is 0 Å². The van der Waals surface area contributed by atoms with Crippen LogP contribution >= 0.6 is 23.1 Å². The fourth-order valence-corrected chi connectivity index (χ4v) is 5.77. The van der Waals surface area contributed by atoms with Gasteiger partial charge in [0.25, 0.3) is 6.43 Å². The van der Waals surface area contributed by atoms with Gasteiger partial charge in [0.05, 0.1) is 48.3 Å². The van der Waals surface area contributed by atoms with E-state index in [1.54, 1.807) is 0 Å². The molecule has 3 heterocycles. The number of nitrogens with two attached hydrogens (primary N) is 1. The standard InChI is InChI=1S/C23H27F2N7O9S2/c1-9(34)27-16-13(35)5-23(20(38)39,41-18(16)17(37)14(36)7-33)40-15-3-2-11(4-12(15)19(24)25)32-6-10(28-31-32)8-42-22-30-29-21(26)43-22/h2-4,6,13-14,16-19,33,35-37H,5,7-8H2,1H3,(H2,26,29)(H,27,34)(H,38,39)/t13-,14+,16+,17+,18+,23+/m0/s1. The minimum absolute atomic E-state index is 0.130. The van der Waals surface area contributed by atoms with Crippen LogP contribution in [0.1, 0.15) is 31.0 Å². The van der Waals surface area contributed by atoms with Gasteiger partial charge in [-0.15, -0.1) is 15.3 Å². The van der Waals surface area contributed by atoms with Gasteiger partial charge in [-0.25, -0.2) is 18.3 Å². The zero-order valence-electron chi connectivity index (χ0n) is 22.1. The Bertz CT molecular complexity index is 1450. The highest BCUT2D eigenvalue weighted by Crippen LogP contribution is 2.39. The molecule has 0 spiro atoms. The van der Waals surface area contributed by atoms with Crippen molar-refractivity contribution in [2.75, 3.05) is 12.3 Å². The van der Waals surface area contributed by atoms with E-state index in [-0.39, 0.29) is 5.69 Å². The number of anilines is 1. The summed E-state index contributed by atoms with van der Waals surface area (Å²) in [5.41, 5.74) is 5.41. The predicted octanol–water partition coefficient (Wildman–Crippen LogP) is -0.541. The van der Waals surface area contributed by atoms with Gasteiger partial charge in [-0.2, -0.15) is 0 Å². The number of nitrogens with zero attached hydrogens (tertiary/aromatic N) is 5. The maximum atomic E-state index is 14.2. The number of carboxylic acids is 1. The summed E-state index contributed by atoms with van der Waals surface area (Å²) in [7, 11) is 0. The molecule has 1 aromatic carbocycles. The van der Waals surface area contributed by atoms with E-state index in [9.17, 15) is 43.9 Å². The van der Waals surface area contributed by atoms with Crippen molar-refractivity contribution in [1.82, 2.24) is 30.5 Å². The lowest BCUT2D eigenvalue weighted by atomic mass is 9.88. The molecular weight excluding hydrogens is 620 g/mol. The summed E-state index contributed by atoms with van der Waals surface area (Å²) in [6.07, 6.45) is -10.1. The van der Waals surface area contributed by atoms with Gasteiger partial charge in [-0.3, -0.25) is 4.79 Å². The van der Waals surface area contributed by atoms with E-state index in [0.29, 0.717) is 20.9 Å². The molecule has 0 aliphatic carbocycles. The largest absolute Gasteiger partial charge is 0.476 e. The first-order chi connectivity index (χ1) is 20.3. The van der Waals surface area contributed by atoms with E-state index in [4.69, 9.17) is 15.2 Å². The van der Waals surface area contributed by atoms with E-state index < -0.39 is 78.9 Å². The van der Waals surface area contributed by atoms with Crippen LogP contribution in [0.4, 0.5) is 13.9 Å². The number of halogens is 2. The third-order valence-electron chi connectivity index (χ3n) is 6.26. The molecule has 1 saturated heterocycles. The zero-order valence-corrected chi connectivity index (χ0v) is 23.8. The lowest BCUT2D eigenvalue weighted by Gasteiger charge is -2.46. The summed E-state index contributed by atoms with van der Waals surface area (Å²) in [6.45, 7) is 0.0948. The summed E-state index contributed by atoms with van der Waals surface area (Å²) in [5.74, 6) is -5.71. The lowest BCUT2D eigenvalue weighted by Crippen LogP contribution is -2.68. The number of hydrogen-bond acceptors (Lipinski definition) is 15. The van der Waals surface area contributed by atoms with Gasteiger partial charge in [-0.05, 0) is 18.2 Å². The molecule has 234 valence electrons. The van der Waals surface area contributed by atoms with Crippen LogP contribution in [-0.2, 0) is 20.1 Å². The fourth-order valence-electron chi connectivity index (χ4n) is 4.26. The van der Waals surface area contributed by atoms with Crippen LogP contribution in [-0.4, -0.2) is 105 Å². The van der Waals surface area contributed by atoms with Crippen molar-refractivity contribution in [3.63, 3.8) is 0 Å². The van der Waals surface area contributed by atoms with Crippen LogP contribution in [0.25, 0.3) is 5.69 Å². The Kier molecular flexibility index (Phi) is 10.1. The van der Waals surface area contributed by atoms with Crippen LogP contribution in [0.15, 0.2) is 28.7 Å². The Morgan fingerprint density at radius 3 is 2.67 bits per heavy atom. The molecule has 0 saturated carbocycles. The van der Waals surface area contributed by atoms with E-state index in [2.05, 4.69) is 25.8 Å². The highest BCUT2D eigenvalue weighted by atomic mass is 32.2. The van der Waals surface area contributed by atoms with Crippen LogP contribution in [0, 0.1) is 0 Å². The molecule has 0 radical (unpaired) electrons. The second kappa shape index (κ2) is 13.4. The number of ether oxygens (including phenoxy) is 2. The number of thioether (sulfide) groups is 1. The molecule has 16 nitrogen and oxygen atoms in total. The van der Waals surface area contributed by atoms with Gasteiger partial charge < -0.3 is 46.1 Å². The van der Waals surface area contributed by atoms with E-state index >= 15 is 0 Å². The lowest BCUT2D eigenvalue weighted by molar-refractivity contribution is -0.284. The summed E-state index contributed by atoms with van der Waals surface area (Å²) in [6, 6.07) is 1.89. The molecule has 1 aliphatic heterocycles. The number of rotatable bonds is 12. The molecule has 1 fully saturated rings. The number of amides is 1. The van der Waals surface area contributed by atoms with Crippen molar-refractivity contribution in [3.8, 4) is 11.4 Å². The number of carboxylic acid groups (broad SMARTS) is 1. The normalized spacial score (nSPS) is 23.6. The topological polar surface area (TPSA) is 248 Å². The number of alkyl halides is 2. The molecule has 4 rings (SSSR count). The van der Waals surface area contributed by atoms with Gasteiger partial charge in [-0.1, -0.05) is 28.3 Å². The number of aromatic nitrogens is 5. The minimum atomic E-state index is -3.18. The smallest absolute Gasteiger partial charge is 0.377 e. The third kappa shape index (κ3) is 7.34. The molecule has 3 aromatic rings. The van der Waals surface area contributed by atoms with E-state index in [1.165, 1.54) is 40.0 Å².